The first-order valence-corrected chi connectivity index (χ1v) is 6.16. The minimum atomic E-state index is -0.964. The third-order valence-corrected chi connectivity index (χ3v) is 3.44. The Morgan fingerprint density at radius 1 is 1.71 bits per heavy atom. The number of nitrogens with zero attached hydrogens (tertiary/aromatic N) is 2. The molecule has 1 aromatic rings. The molecule has 1 aliphatic heterocycles. The Kier molecular flexibility index (Phi) is 3.52. The van der Waals surface area contributed by atoms with Crippen molar-refractivity contribution in [1.82, 2.24) is 20.4 Å². The summed E-state index contributed by atoms with van der Waals surface area (Å²) in [6, 6.07) is -1.09. The van der Waals surface area contributed by atoms with Gasteiger partial charge in [0, 0.05) is 24.1 Å². The van der Waals surface area contributed by atoms with Crippen LogP contribution in [-0.4, -0.2) is 49.9 Å². The van der Waals surface area contributed by atoms with Crippen LogP contribution < -0.4 is 5.32 Å². The maximum Gasteiger partial charge on any atom is 0.327 e. The van der Waals surface area contributed by atoms with Crippen molar-refractivity contribution in [2.75, 3.05) is 11.6 Å². The van der Waals surface area contributed by atoms with Gasteiger partial charge in [-0.15, -0.1) is 11.8 Å². The predicted octanol–water partition coefficient (Wildman–Crippen LogP) is 0.0788. The third-order valence-electron chi connectivity index (χ3n) is 2.43. The summed E-state index contributed by atoms with van der Waals surface area (Å²) >= 11 is 1.44. The molecule has 7 nitrogen and oxygen atoms in total. The van der Waals surface area contributed by atoms with Crippen LogP contribution in [0, 0.1) is 0 Å². The standard InChI is InChI=1S/C9H12N4O3S/c14-8(15)7-4-17-5-13(7)9(16)10-1-6-2-11-12-3-6/h2-3,7H,1,4-5H2,(H,10,16)(H,11,12)(H,14,15)/t7-/m0/s1. The lowest BCUT2D eigenvalue weighted by Gasteiger charge is -2.20. The van der Waals surface area contributed by atoms with Crippen LogP contribution >= 0.6 is 11.8 Å². The van der Waals surface area contributed by atoms with Gasteiger partial charge in [0.05, 0.1) is 12.1 Å². The van der Waals surface area contributed by atoms with Gasteiger partial charge in [-0.2, -0.15) is 5.10 Å². The van der Waals surface area contributed by atoms with Crippen molar-refractivity contribution in [2.45, 2.75) is 12.6 Å². The van der Waals surface area contributed by atoms with Gasteiger partial charge in [0.1, 0.15) is 6.04 Å². The number of carbonyl (C=O) groups is 2. The molecule has 0 saturated carbocycles. The highest BCUT2D eigenvalue weighted by atomic mass is 32.2. The van der Waals surface area contributed by atoms with Crippen molar-refractivity contribution >= 4 is 23.8 Å². The Balaban J connectivity index is 1.89. The Hall–Kier alpha value is -1.70. The number of carbonyl (C=O) groups excluding carboxylic acids is 1. The zero-order chi connectivity index (χ0) is 12.3. The summed E-state index contributed by atoms with van der Waals surface area (Å²) in [4.78, 5) is 24.0. The molecule has 1 aliphatic rings. The average Bonchev–Trinajstić information content (AvgIpc) is 2.96. The summed E-state index contributed by atoms with van der Waals surface area (Å²) in [5, 5.41) is 18.0. The fraction of sp³-hybridized carbons (Fsp3) is 0.444. The van der Waals surface area contributed by atoms with E-state index in [1.807, 2.05) is 0 Å². The molecule has 17 heavy (non-hydrogen) atoms. The van der Waals surface area contributed by atoms with Crippen LogP contribution in [0.15, 0.2) is 12.4 Å². The van der Waals surface area contributed by atoms with E-state index in [1.165, 1.54) is 16.7 Å². The first-order valence-electron chi connectivity index (χ1n) is 5.01. The van der Waals surface area contributed by atoms with E-state index in [2.05, 4.69) is 15.5 Å². The number of H-pyrrole nitrogens is 1. The minimum absolute atomic E-state index is 0.336. The van der Waals surface area contributed by atoms with Crippen LogP contribution in [0.1, 0.15) is 5.56 Å². The lowest BCUT2D eigenvalue weighted by atomic mass is 10.3. The van der Waals surface area contributed by atoms with Crippen LogP contribution in [0.25, 0.3) is 0 Å². The lowest BCUT2D eigenvalue weighted by molar-refractivity contribution is -0.140. The van der Waals surface area contributed by atoms with Gasteiger partial charge in [0.15, 0.2) is 0 Å². The molecule has 1 saturated heterocycles. The van der Waals surface area contributed by atoms with Crippen LogP contribution in [0.3, 0.4) is 0 Å². The molecule has 1 atom stereocenters. The quantitative estimate of drug-likeness (QED) is 0.711. The Labute approximate surface area is 102 Å². The van der Waals surface area contributed by atoms with E-state index in [0.29, 0.717) is 18.2 Å². The van der Waals surface area contributed by atoms with Crippen molar-refractivity contribution in [1.29, 1.82) is 0 Å². The second-order valence-electron chi connectivity index (χ2n) is 3.59. The maximum atomic E-state index is 11.8. The first kappa shape index (κ1) is 11.8. The summed E-state index contributed by atoms with van der Waals surface area (Å²) in [5.41, 5.74) is 0.845. The fourth-order valence-electron chi connectivity index (χ4n) is 1.50. The van der Waals surface area contributed by atoms with E-state index in [4.69, 9.17) is 5.11 Å². The molecule has 0 bridgehead atoms. The summed E-state index contributed by atoms with van der Waals surface area (Å²) in [6.45, 7) is 0.336. The third kappa shape index (κ3) is 2.70. The largest absolute Gasteiger partial charge is 0.480 e. The second-order valence-corrected chi connectivity index (χ2v) is 4.59. The van der Waals surface area contributed by atoms with Crippen LogP contribution in [0.5, 0.6) is 0 Å². The molecule has 1 fully saturated rings. The number of nitrogens with one attached hydrogen (secondary N) is 2. The number of urea groups is 1. The zero-order valence-corrected chi connectivity index (χ0v) is 9.74. The molecule has 0 aliphatic carbocycles. The average molecular weight is 256 g/mol. The van der Waals surface area contributed by atoms with E-state index < -0.39 is 12.0 Å². The molecular weight excluding hydrogens is 244 g/mol. The van der Waals surface area contributed by atoms with Crippen LogP contribution in [0.4, 0.5) is 4.79 Å². The number of aromatic amines is 1. The van der Waals surface area contributed by atoms with E-state index in [0.717, 1.165) is 5.56 Å². The molecule has 0 radical (unpaired) electrons. The molecule has 0 spiro atoms. The van der Waals surface area contributed by atoms with Crippen molar-refractivity contribution in [3.05, 3.63) is 18.0 Å². The number of aliphatic carboxylic acids is 1. The SMILES string of the molecule is O=C(O)[C@@H]1CSCN1C(=O)NCc1cn[nH]c1. The number of hydrogen-bond acceptors (Lipinski definition) is 4. The molecule has 92 valence electrons. The summed E-state index contributed by atoms with van der Waals surface area (Å²) < 4.78 is 0. The molecular formula is C9H12N4O3S. The van der Waals surface area contributed by atoms with Gasteiger partial charge in [0.25, 0.3) is 0 Å². The van der Waals surface area contributed by atoms with Crippen LogP contribution in [0.2, 0.25) is 0 Å². The normalized spacial score (nSPS) is 19.3. The predicted molar refractivity (Wildman–Crippen MR) is 61.4 cm³/mol. The van der Waals surface area contributed by atoms with Crippen molar-refractivity contribution in [2.24, 2.45) is 0 Å². The highest BCUT2D eigenvalue weighted by Gasteiger charge is 2.34. The highest BCUT2D eigenvalue weighted by Crippen LogP contribution is 2.20. The number of hydrogen-bond donors (Lipinski definition) is 3. The minimum Gasteiger partial charge on any atom is -0.480 e. The molecule has 3 N–H and O–H groups in total. The summed E-state index contributed by atoms with van der Waals surface area (Å²) in [6.07, 6.45) is 3.28. The van der Waals surface area contributed by atoms with Gasteiger partial charge in [-0.25, -0.2) is 9.59 Å². The van der Waals surface area contributed by atoms with Gasteiger partial charge >= 0.3 is 12.0 Å². The number of thioether (sulfide) groups is 1. The van der Waals surface area contributed by atoms with E-state index in [1.54, 1.807) is 12.4 Å². The smallest absolute Gasteiger partial charge is 0.327 e. The van der Waals surface area contributed by atoms with E-state index in [9.17, 15) is 9.59 Å². The van der Waals surface area contributed by atoms with Crippen LogP contribution in [-0.2, 0) is 11.3 Å². The van der Waals surface area contributed by atoms with Gasteiger partial charge < -0.3 is 15.3 Å². The Morgan fingerprint density at radius 3 is 3.18 bits per heavy atom. The maximum absolute atomic E-state index is 11.8. The Bertz CT molecular complexity index is 408. The molecule has 2 rings (SSSR count). The summed E-state index contributed by atoms with van der Waals surface area (Å²) in [7, 11) is 0. The topological polar surface area (TPSA) is 98.3 Å². The molecule has 0 unspecified atom stereocenters. The number of rotatable bonds is 3. The molecule has 8 heteroatoms. The van der Waals surface area contributed by atoms with Crippen molar-refractivity contribution in [3.8, 4) is 0 Å². The number of aromatic nitrogens is 2. The van der Waals surface area contributed by atoms with Crippen molar-refractivity contribution in [3.63, 3.8) is 0 Å². The van der Waals surface area contributed by atoms with Gasteiger partial charge in [-0.05, 0) is 0 Å². The van der Waals surface area contributed by atoms with E-state index in [-0.39, 0.29) is 6.03 Å². The van der Waals surface area contributed by atoms with E-state index >= 15 is 0 Å². The molecule has 0 aromatic carbocycles. The molecule has 2 heterocycles. The van der Waals surface area contributed by atoms with Crippen molar-refractivity contribution < 1.29 is 14.7 Å². The Morgan fingerprint density at radius 2 is 2.53 bits per heavy atom. The summed E-state index contributed by atoms with van der Waals surface area (Å²) in [5.74, 6) is -0.115. The second kappa shape index (κ2) is 5.09. The monoisotopic (exact) mass is 256 g/mol. The molecule has 2 amide bonds. The first-order chi connectivity index (χ1) is 8.18. The lowest BCUT2D eigenvalue weighted by Crippen LogP contribution is -2.46. The van der Waals surface area contributed by atoms with Gasteiger partial charge in [-0.1, -0.05) is 0 Å². The zero-order valence-electron chi connectivity index (χ0n) is 8.92. The van der Waals surface area contributed by atoms with Gasteiger partial charge in [0.2, 0.25) is 0 Å². The van der Waals surface area contributed by atoms with Gasteiger partial charge in [-0.3, -0.25) is 5.10 Å². The molecule has 1 aromatic heterocycles. The highest BCUT2D eigenvalue weighted by molar-refractivity contribution is 7.99. The fourth-order valence-corrected chi connectivity index (χ4v) is 2.65. The number of carboxylic acid groups (broad SMARTS) is 1. The number of amides is 2. The number of carboxylic acids is 1.